The molecular weight excluding hydrogens is 173 g/mol. The van der Waals surface area contributed by atoms with Crippen LogP contribution < -0.4 is 4.74 Å². The van der Waals surface area contributed by atoms with Crippen LogP contribution in [0.1, 0.15) is 6.92 Å². The van der Waals surface area contributed by atoms with Gasteiger partial charge in [-0.2, -0.15) is 4.99 Å². The molecule has 0 aliphatic heterocycles. The smallest absolute Gasteiger partial charge is 0.240 e. The highest BCUT2D eigenvalue weighted by Gasteiger charge is 2.03. The lowest BCUT2D eigenvalue weighted by Crippen LogP contribution is -1.92. The molecule has 0 saturated heterocycles. The molecule has 0 amide bonds. The Bertz CT molecular complexity index is 345. The minimum Gasteiger partial charge on any atom is -0.491 e. The van der Waals surface area contributed by atoms with E-state index in [0.717, 1.165) is 0 Å². The Kier molecular flexibility index (Phi) is 3.17. The van der Waals surface area contributed by atoms with Crippen LogP contribution in [0.2, 0.25) is 0 Å². The van der Waals surface area contributed by atoms with Gasteiger partial charge in [0.25, 0.3) is 0 Å². The number of halogens is 1. The standard InChI is InChI=1S/C9H8FNO2/c1-2-13-9-5-7(10)3-4-8(9)11-6-12/h3-5H,2H2,1H3. The van der Waals surface area contributed by atoms with E-state index in [1.165, 1.54) is 24.3 Å². The normalized spacial score (nSPS) is 9.08. The summed E-state index contributed by atoms with van der Waals surface area (Å²) in [7, 11) is 0. The van der Waals surface area contributed by atoms with Crippen molar-refractivity contribution in [2.45, 2.75) is 6.92 Å². The molecule has 68 valence electrons. The fourth-order valence-electron chi connectivity index (χ4n) is 0.901. The second kappa shape index (κ2) is 4.38. The zero-order valence-electron chi connectivity index (χ0n) is 7.08. The topological polar surface area (TPSA) is 38.7 Å². The van der Waals surface area contributed by atoms with E-state index in [9.17, 15) is 9.18 Å². The van der Waals surface area contributed by atoms with E-state index < -0.39 is 5.82 Å². The van der Waals surface area contributed by atoms with Crippen molar-refractivity contribution in [1.29, 1.82) is 0 Å². The maximum absolute atomic E-state index is 12.7. The van der Waals surface area contributed by atoms with Crippen LogP contribution in [0, 0.1) is 5.82 Å². The van der Waals surface area contributed by atoms with Crippen LogP contribution in [-0.4, -0.2) is 12.7 Å². The molecule has 13 heavy (non-hydrogen) atoms. The van der Waals surface area contributed by atoms with Crippen LogP contribution >= 0.6 is 0 Å². The lowest BCUT2D eigenvalue weighted by atomic mass is 10.3. The monoisotopic (exact) mass is 181 g/mol. The lowest BCUT2D eigenvalue weighted by Gasteiger charge is -2.04. The van der Waals surface area contributed by atoms with E-state index in [4.69, 9.17) is 4.74 Å². The van der Waals surface area contributed by atoms with Crippen molar-refractivity contribution >= 4 is 11.8 Å². The van der Waals surface area contributed by atoms with Gasteiger partial charge in [0.2, 0.25) is 6.08 Å². The zero-order chi connectivity index (χ0) is 9.68. The summed E-state index contributed by atoms with van der Waals surface area (Å²) in [6.07, 6.45) is 1.37. The van der Waals surface area contributed by atoms with E-state index in [0.29, 0.717) is 12.3 Å². The van der Waals surface area contributed by atoms with Gasteiger partial charge in [-0.05, 0) is 19.1 Å². The average Bonchev–Trinajstić information content (AvgIpc) is 2.10. The minimum absolute atomic E-state index is 0.255. The number of nitrogens with zero attached hydrogens (tertiary/aromatic N) is 1. The van der Waals surface area contributed by atoms with Crippen molar-refractivity contribution in [3.63, 3.8) is 0 Å². The second-order valence-electron chi connectivity index (χ2n) is 2.25. The van der Waals surface area contributed by atoms with Crippen LogP contribution in [0.3, 0.4) is 0 Å². The Morgan fingerprint density at radius 2 is 2.38 bits per heavy atom. The average molecular weight is 181 g/mol. The number of hydrogen-bond donors (Lipinski definition) is 0. The van der Waals surface area contributed by atoms with Crippen LogP contribution in [0.25, 0.3) is 0 Å². The van der Waals surface area contributed by atoms with Gasteiger partial charge in [-0.15, -0.1) is 0 Å². The summed E-state index contributed by atoms with van der Waals surface area (Å²) in [6, 6.07) is 3.75. The van der Waals surface area contributed by atoms with Gasteiger partial charge in [-0.1, -0.05) is 0 Å². The predicted octanol–water partition coefficient (Wildman–Crippen LogP) is 2.19. The molecule has 0 atom stereocenters. The number of rotatable bonds is 3. The molecule has 1 aromatic carbocycles. The van der Waals surface area contributed by atoms with Crippen molar-refractivity contribution in [3.8, 4) is 5.75 Å². The number of ether oxygens (including phenoxy) is 1. The summed E-state index contributed by atoms with van der Waals surface area (Å²) < 4.78 is 17.7. The highest BCUT2D eigenvalue weighted by Crippen LogP contribution is 2.27. The first-order chi connectivity index (χ1) is 6.27. The minimum atomic E-state index is -0.423. The Hall–Kier alpha value is -1.67. The number of aliphatic imine (C=N–C) groups is 1. The molecule has 0 aliphatic rings. The van der Waals surface area contributed by atoms with Gasteiger partial charge >= 0.3 is 0 Å². The molecule has 4 heteroatoms. The first-order valence-electron chi connectivity index (χ1n) is 3.78. The number of carbonyl (C=O) groups excluding carboxylic acids is 1. The third kappa shape index (κ3) is 2.39. The summed E-state index contributed by atoms with van der Waals surface area (Å²) >= 11 is 0. The lowest BCUT2D eigenvalue weighted by molar-refractivity contribution is 0.339. The van der Waals surface area contributed by atoms with Crippen LogP contribution in [0.4, 0.5) is 10.1 Å². The first kappa shape index (κ1) is 9.42. The van der Waals surface area contributed by atoms with E-state index in [1.807, 2.05) is 0 Å². The van der Waals surface area contributed by atoms with Gasteiger partial charge in [-0.3, -0.25) is 0 Å². The maximum atomic E-state index is 12.7. The van der Waals surface area contributed by atoms with E-state index >= 15 is 0 Å². The first-order valence-corrected chi connectivity index (χ1v) is 3.78. The summed E-state index contributed by atoms with van der Waals surface area (Å²) in [5.41, 5.74) is 0.290. The molecular formula is C9H8FNO2. The largest absolute Gasteiger partial charge is 0.491 e. The predicted molar refractivity (Wildman–Crippen MR) is 45.4 cm³/mol. The Balaban J connectivity index is 3.09. The van der Waals surface area contributed by atoms with E-state index in [-0.39, 0.29) is 5.75 Å². The van der Waals surface area contributed by atoms with Crippen LogP contribution in [0.5, 0.6) is 5.75 Å². The summed E-state index contributed by atoms with van der Waals surface area (Å²) in [6.45, 7) is 2.16. The quantitative estimate of drug-likeness (QED) is 0.529. The van der Waals surface area contributed by atoms with Crippen molar-refractivity contribution in [2.24, 2.45) is 4.99 Å². The van der Waals surface area contributed by atoms with Gasteiger partial charge in [-0.25, -0.2) is 9.18 Å². The molecule has 0 N–H and O–H groups in total. The molecule has 0 heterocycles. The number of benzene rings is 1. The van der Waals surface area contributed by atoms with Crippen LogP contribution in [0.15, 0.2) is 23.2 Å². The third-order valence-corrected chi connectivity index (χ3v) is 1.39. The zero-order valence-corrected chi connectivity index (χ0v) is 7.08. The molecule has 0 aromatic heterocycles. The third-order valence-electron chi connectivity index (χ3n) is 1.39. The van der Waals surface area contributed by atoms with E-state index in [2.05, 4.69) is 4.99 Å². The van der Waals surface area contributed by atoms with Gasteiger partial charge in [0.15, 0.2) is 0 Å². The van der Waals surface area contributed by atoms with Crippen molar-refractivity contribution in [1.82, 2.24) is 0 Å². The SMILES string of the molecule is CCOc1cc(F)ccc1N=C=O. The number of isocyanates is 1. The van der Waals surface area contributed by atoms with Crippen molar-refractivity contribution in [3.05, 3.63) is 24.0 Å². The molecule has 1 aromatic rings. The molecule has 0 radical (unpaired) electrons. The van der Waals surface area contributed by atoms with Gasteiger partial charge in [0, 0.05) is 6.07 Å². The highest BCUT2D eigenvalue weighted by molar-refractivity contribution is 5.57. The summed E-state index contributed by atoms with van der Waals surface area (Å²) in [4.78, 5) is 13.3. The van der Waals surface area contributed by atoms with Gasteiger partial charge in [0.1, 0.15) is 17.3 Å². The molecule has 1 rings (SSSR count). The van der Waals surface area contributed by atoms with E-state index in [1.54, 1.807) is 6.92 Å². The molecule has 0 bridgehead atoms. The van der Waals surface area contributed by atoms with Gasteiger partial charge < -0.3 is 4.74 Å². The maximum Gasteiger partial charge on any atom is 0.240 e. The van der Waals surface area contributed by atoms with Gasteiger partial charge in [0.05, 0.1) is 6.61 Å². The Morgan fingerprint density at radius 3 is 3.00 bits per heavy atom. The van der Waals surface area contributed by atoms with Crippen molar-refractivity contribution in [2.75, 3.05) is 6.61 Å². The Labute approximate surface area is 74.9 Å². The second-order valence-corrected chi connectivity index (χ2v) is 2.25. The highest BCUT2D eigenvalue weighted by atomic mass is 19.1. The molecule has 0 saturated carbocycles. The molecule has 0 spiro atoms. The fourth-order valence-corrected chi connectivity index (χ4v) is 0.901. The molecule has 3 nitrogen and oxygen atoms in total. The molecule has 0 fully saturated rings. The number of hydrogen-bond acceptors (Lipinski definition) is 3. The Morgan fingerprint density at radius 1 is 1.62 bits per heavy atom. The molecule has 0 unspecified atom stereocenters. The van der Waals surface area contributed by atoms with Crippen LogP contribution in [-0.2, 0) is 4.79 Å². The molecule has 0 aliphatic carbocycles. The van der Waals surface area contributed by atoms with Crippen molar-refractivity contribution < 1.29 is 13.9 Å². The summed E-state index contributed by atoms with van der Waals surface area (Å²) in [5, 5.41) is 0. The summed E-state index contributed by atoms with van der Waals surface area (Å²) in [5.74, 6) is -0.167. The fraction of sp³-hybridized carbons (Fsp3) is 0.222.